The number of halogens is 3. The van der Waals surface area contributed by atoms with Gasteiger partial charge in [-0.25, -0.2) is 0 Å². The second kappa shape index (κ2) is 5.11. The van der Waals surface area contributed by atoms with Crippen molar-refractivity contribution in [2.45, 2.75) is 13.8 Å². The minimum absolute atomic E-state index is 0.414. The molecule has 1 rings (SSSR count). The molecule has 0 aliphatic carbocycles. The van der Waals surface area contributed by atoms with Crippen LogP contribution in [0.25, 0.3) is 0 Å². The molecule has 14 heavy (non-hydrogen) atoms. The minimum Gasteiger partial charge on any atom is -0.492 e. The molecule has 1 aromatic rings. The fourth-order valence-electron chi connectivity index (χ4n) is 0.894. The second-order valence-corrected chi connectivity index (χ2v) is 4.63. The average Bonchev–Trinajstić information content (AvgIpc) is 2.08. The first-order valence-corrected chi connectivity index (χ1v) is 5.41. The third-order valence-electron chi connectivity index (χ3n) is 1.53. The van der Waals surface area contributed by atoms with Gasteiger partial charge in [-0.1, -0.05) is 48.7 Å². The fraction of sp³-hybridized carbons (Fsp3) is 0.400. The first-order chi connectivity index (χ1) is 6.50. The van der Waals surface area contributed by atoms with Crippen LogP contribution in [0.3, 0.4) is 0 Å². The summed E-state index contributed by atoms with van der Waals surface area (Å²) in [5.74, 6) is 0.974. The Morgan fingerprint density at radius 2 is 1.86 bits per heavy atom. The molecule has 0 bridgehead atoms. The maximum atomic E-state index is 5.93. The highest BCUT2D eigenvalue weighted by molar-refractivity contribution is 6.44. The Labute approximate surface area is 98.9 Å². The van der Waals surface area contributed by atoms with Crippen molar-refractivity contribution in [2.75, 3.05) is 6.61 Å². The largest absolute Gasteiger partial charge is 0.492 e. The van der Waals surface area contributed by atoms with Crippen LogP contribution in [0.1, 0.15) is 13.8 Å². The van der Waals surface area contributed by atoms with Crippen LogP contribution >= 0.6 is 34.8 Å². The molecule has 0 heterocycles. The van der Waals surface area contributed by atoms with Gasteiger partial charge in [0.05, 0.1) is 11.6 Å². The standard InChI is InChI=1S/C10H11Cl3O/c1-6(2)5-14-9-4-7(11)3-8(12)10(9)13/h3-4,6H,5H2,1-2H3. The first-order valence-electron chi connectivity index (χ1n) is 4.28. The second-order valence-electron chi connectivity index (χ2n) is 3.40. The monoisotopic (exact) mass is 252 g/mol. The summed E-state index contributed by atoms with van der Waals surface area (Å²) in [4.78, 5) is 0. The highest BCUT2D eigenvalue weighted by Gasteiger charge is 2.08. The predicted octanol–water partition coefficient (Wildman–Crippen LogP) is 4.68. The van der Waals surface area contributed by atoms with Gasteiger partial charge < -0.3 is 4.74 Å². The lowest BCUT2D eigenvalue weighted by atomic mass is 10.2. The van der Waals surface area contributed by atoms with Gasteiger partial charge >= 0.3 is 0 Å². The van der Waals surface area contributed by atoms with Gasteiger partial charge in [0.1, 0.15) is 10.8 Å². The Morgan fingerprint density at radius 3 is 2.43 bits per heavy atom. The van der Waals surface area contributed by atoms with E-state index in [2.05, 4.69) is 13.8 Å². The molecule has 1 aromatic carbocycles. The van der Waals surface area contributed by atoms with E-state index in [1.54, 1.807) is 12.1 Å². The van der Waals surface area contributed by atoms with Crippen molar-refractivity contribution in [3.05, 3.63) is 27.2 Å². The van der Waals surface area contributed by atoms with E-state index in [-0.39, 0.29) is 0 Å². The Hall–Kier alpha value is -0.110. The van der Waals surface area contributed by atoms with Gasteiger partial charge in [-0.3, -0.25) is 0 Å². The summed E-state index contributed by atoms with van der Waals surface area (Å²) in [6.45, 7) is 4.70. The van der Waals surface area contributed by atoms with Crippen molar-refractivity contribution in [3.63, 3.8) is 0 Å². The molecule has 0 aliphatic rings. The van der Waals surface area contributed by atoms with Gasteiger partial charge in [0.2, 0.25) is 0 Å². The Morgan fingerprint density at radius 1 is 1.21 bits per heavy atom. The van der Waals surface area contributed by atoms with E-state index in [1.165, 1.54) is 0 Å². The van der Waals surface area contributed by atoms with Crippen LogP contribution in [-0.2, 0) is 0 Å². The Kier molecular flexibility index (Phi) is 4.36. The fourth-order valence-corrected chi connectivity index (χ4v) is 1.53. The molecule has 0 spiro atoms. The van der Waals surface area contributed by atoms with E-state index in [0.29, 0.717) is 33.3 Å². The Balaban J connectivity index is 2.85. The lowest BCUT2D eigenvalue weighted by Gasteiger charge is -2.11. The third-order valence-corrected chi connectivity index (χ3v) is 2.53. The van der Waals surface area contributed by atoms with Crippen LogP contribution in [-0.4, -0.2) is 6.61 Å². The molecule has 4 heteroatoms. The molecule has 0 amide bonds. The third kappa shape index (κ3) is 3.23. The topological polar surface area (TPSA) is 9.23 Å². The zero-order valence-electron chi connectivity index (χ0n) is 7.98. The van der Waals surface area contributed by atoms with Crippen LogP contribution in [0.4, 0.5) is 0 Å². The molecule has 1 nitrogen and oxygen atoms in total. The molecule has 0 radical (unpaired) electrons. The molecule has 78 valence electrons. The normalized spacial score (nSPS) is 10.7. The SMILES string of the molecule is CC(C)COc1cc(Cl)cc(Cl)c1Cl. The van der Waals surface area contributed by atoms with E-state index in [0.717, 1.165) is 0 Å². The van der Waals surface area contributed by atoms with E-state index in [1.807, 2.05) is 0 Å². The van der Waals surface area contributed by atoms with Gasteiger partial charge in [-0.2, -0.15) is 0 Å². The van der Waals surface area contributed by atoms with Crippen LogP contribution in [0.15, 0.2) is 12.1 Å². The average molecular weight is 254 g/mol. The number of benzene rings is 1. The molecular formula is C10H11Cl3O. The van der Waals surface area contributed by atoms with Crippen molar-refractivity contribution in [1.29, 1.82) is 0 Å². The van der Waals surface area contributed by atoms with Gasteiger partial charge in [0.25, 0.3) is 0 Å². The van der Waals surface area contributed by atoms with Crippen molar-refractivity contribution >= 4 is 34.8 Å². The first kappa shape index (κ1) is 12.0. The van der Waals surface area contributed by atoms with Crippen LogP contribution in [0, 0.1) is 5.92 Å². The Bertz CT molecular complexity index is 323. The summed E-state index contributed by atoms with van der Waals surface area (Å²) in [6, 6.07) is 3.26. The minimum atomic E-state index is 0.414. The maximum absolute atomic E-state index is 5.93. The summed E-state index contributed by atoms with van der Waals surface area (Å²) in [7, 11) is 0. The zero-order valence-corrected chi connectivity index (χ0v) is 10.2. The van der Waals surface area contributed by atoms with Crippen molar-refractivity contribution < 1.29 is 4.74 Å². The number of hydrogen-bond acceptors (Lipinski definition) is 1. The lowest BCUT2D eigenvalue weighted by Crippen LogP contribution is -2.04. The summed E-state index contributed by atoms with van der Waals surface area (Å²) >= 11 is 17.6. The van der Waals surface area contributed by atoms with Crippen LogP contribution < -0.4 is 4.74 Å². The van der Waals surface area contributed by atoms with Gasteiger partial charge in [-0.05, 0) is 12.0 Å². The van der Waals surface area contributed by atoms with E-state index in [9.17, 15) is 0 Å². The van der Waals surface area contributed by atoms with Gasteiger partial charge in [-0.15, -0.1) is 0 Å². The number of ether oxygens (including phenoxy) is 1. The molecule has 0 aliphatic heterocycles. The smallest absolute Gasteiger partial charge is 0.140 e. The summed E-state index contributed by atoms with van der Waals surface area (Å²) in [6.07, 6.45) is 0. The zero-order chi connectivity index (χ0) is 10.7. The van der Waals surface area contributed by atoms with E-state index in [4.69, 9.17) is 39.5 Å². The van der Waals surface area contributed by atoms with E-state index >= 15 is 0 Å². The molecule has 0 saturated heterocycles. The predicted molar refractivity (Wildman–Crippen MR) is 61.8 cm³/mol. The molecule has 0 atom stereocenters. The molecule has 0 N–H and O–H groups in total. The van der Waals surface area contributed by atoms with E-state index < -0.39 is 0 Å². The molecule has 0 fully saturated rings. The summed E-state index contributed by atoms with van der Waals surface area (Å²) < 4.78 is 5.46. The summed E-state index contributed by atoms with van der Waals surface area (Å²) in [5.41, 5.74) is 0. The number of hydrogen-bond donors (Lipinski definition) is 0. The van der Waals surface area contributed by atoms with Crippen molar-refractivity contribution in [2.24, 2.45) is 5.92 Å². The molecule has 0 unspecified atom stereocenters. The van der Waals surface area contributed by atoms with Gasteiger partial charge in [0, 0.05) is 11.1 Å². The molecule has 0 aromatic heterocycles. The molecular weight excluding hydrogens is 242 g/mol. The summed E-state index contributed by atoms with van der Waals surface area (Å²) in [5, 5.41) is 1.35. The maximum Gasteiger partial charge on any atom is 0.140 e. The highest BCUT2D eigenvalue weighted by Crippen LogP contribution is 2.35. The van der Waals surface area contributed by atoms with Crippen LogP contribution in [0.5, 0.6) is 5.75 Å². The number of rotatable bonds is 3. The molecule has 0 saturated carbocycles. The lowest BCUT2D eigenvalue weighted by molar-refractivity contribution is 0.271. The van der Waals surface area contributed by atoms with Crippen molar-refractivity contribution in [1.82, 2.24) is 0 Å². The van der Waals surface area contributed by atoms with Crippen LogP contribution in [0.2, 0.25) is 15.1 Å². The van der Waals surface area contributed by atoms with Crippen molar-refractivity contribution in [3.8, 4) is 5.75 Å². The van der Waals surface area contributed by atoms with Gasteiger partial charge in [0.15, 0.2) is 0 Å². The highest BCUT2D eigenvalue weighted by atomic mass is 35.5. The quantitative estimate of drug-likeness (QED) is 0.711.